The Kier molecular flexibility index (Phi) is 5.92. The summed E-state index contributed by atoms with van der Waals surface area (Å²) in [6.07, 6.45) is 3.88. The van der Waals surface area contributed by atoms with Crippen LogP contribution in [-0.2, 0) is 9.53 Å². The smallest absolute Gasteiger partial charge is 0.269 e. The number of rotatable bonds is 7. The summed E-state index contributed by atoms with van der Waals surface area (Å²) in [4.78, 5) is 25.4. The minimum Gasteiger partial charge on any atom is -0.368 e. The summed E-state index contributed by atoms with van der Waals surface area (Å²) in [7, 11) is 0. The van der Waals surface area contributed by atoms with E-state index in [1.54, 1.807) is 19.1 Å². The predicted octanol–water partition coefficient (Wildman–Crippen LogP) is 1.20. The van der Waals surface area contributed by atoms with E-state index in [1.165, 1.54) is 0 Å². The van der Waals surface area contributed by atoms with Crippen LogP contribution in [-0.4, -0.2) is 52.7 Å². The molecule has 0 unspecified atom stereocenters. The molecule has 2 heterocycles. The summed E-state index contributed by atoms with van der Waals surface area (Å²) in [5.74, 6) is -0.428. The zero-order chi connectivity index (χ0) is 16.8. The van der Waals surface area contributed by atoms with Crippen LogP contribution in [0.15, 0.2) is 18.7 Å². The summed E-state index contributed by atoms with van der Waals surface area (Å²) < 4.78 is 5.53. The number of hydrogen-bond acceptors (Lipinski definition) is 4. The fourth-order valence-electron chi connectivity index (χ4n) is 2.76. The van der Waals surface area contributed by atoms with Gasteiger partial charge in [-0.2, -0.15) is 5.10 Å². The molecular formula is C16H24N4O3. The molecule has 7 heteroatoms. The van der Waals surface area contributed by atoms with Gasteiger partial charge in [0, 0.05) is 24.7 Å². The highest BCUT2D eigenvalue weighted by Gasteiger charge is 2.29. The van der Waals surface area contributed by atoms with Crippen molar-refractivity contribution >= 4 is 11.8 Å². The quantitative estimate of drug-likeness (QED) is 0.582. The second-order valence-electron chi connectivity index (χ2n) is 5.79. The number of amides is 2. The minimum absolute atomic E-state index is 0.00611. The highest BCUT2D eigenvalue weighted by molar-refractivity contribution is 5.90. The summed E-state index contributed by atoms with van der Waals surface area (Å²) in [5.41, 5.74) is 6.29. The van der Waals surface area contributed by atoms with Crippen LogP contribution < -0.4 is 5.73 Å². The van der Waals surface area contributed by atoms with E-state index in [9.17, 15) is 9.59 Å². The van der Waals surface area contributed by atoms with Crippen molar-refractivity contribution < 1.29 is 14.3 Å². The maximum atomic E-state index is 12.5. The van der Waals surface area contributed by atoms with Crippen LogP contribution in [0.1, 0.15) is 48.3 Å². The molecular weight excluding hydrogens is 296 g/mol. The van der Waals surface area contributed by atoms with Gasteiger partial charge in [-0.25, -0.2) is 0 Å². The summed E-state index contributed by atoms with van der Waals surface area (Å²) in [5, 5.41) is 6.77. The molecule has 3 N–H and O–H groups in total. The monoisotopic (exact) mass is 320 g/mol. The van der Waals surface area contributed by atoms with Crippen molar-refractivity contribution in [2.24, 2.45) is 5.73 Å². The lowest BCUT2D eigenvalue weighted by Gasteiger charge is -2.33. The molecule has 23 heavy (non-hydrogen) atoms. The van der Waals surface area contributed by atoms with Gasteiger partial charge in [-0.1, -0.05) is 6.08 Å². The van der Waals surface area contributed by atoms with Gasteiger partial charge in [-0.3, -0.25) is 14.7 Å². The van der Waals surface area contributed by atoms with Gasteiger partial charge >= 0.3 is 0 Å². The van der Waals surface area contributed by atoms with Crippen LogP contribution in [0.25, 0.3) is 0 Å². The molecule has 7 nitrogen and oxygen atoms in total. The molecule has 0 aromatic carbocycles. The Labute approximate surface area is 135 Å². The topological polar surface area (TPSA) is 101 Å². The Balaban J connectivity index is 1.95. The summed E-state index contributed by atoms with van der Waals surface area (Å²) in [6.45, 7) is 7.22. The first-order valence-electron chi connectivity index (χ1n) is 7.89. The van der Waals surface area contributed by atoms with Crippen LogP contribution in [0.3, 0.4) is 0 Å². The number of nitrogens with one attached hydrogen (secondary N) is 1. The number of nitrogens with two attached hydrogens (primary N) is 1. The zero-order valence-electron chi connectivity index (χ0n) is 13.5. The number of hydrogen-bond donors (Lipinski definition) is 2. The summed E-state index contributed by atoms with van der Waals surface area (Å²) >= 11 is 0. The van der Waals surface area contributed by atoms with Crippen molar-refractivity contribution in [3.8, 4) is 0 Å². The second-order valence-corrected chi connectivity index (χ2v) is 5.79. The number of carbonyl (C=O) groups excluding carboxylic acids is 2. The average molecular weight is 320 g/mol. The highest BCUT2D eigenvalue weighted by atomic mass is 16.5. The van der Waals surface area contributed by atoms with E-state index in [1.807, 2.05) is 4.90 Å². The normalized spacial score (nSPS) is 19.3. The van der Waals surface area contributed by atoms with Crippen LogP contribution >= 0.6 is 0 Å². The number of H-pyrrole nitrogens is 1. The minimum atomic E-state index is -0.555. The van der Waals surface area contributed by atoms with Gasteiger partial charge in [0.25, 0.3) is 11.8 Å². The third kappa shape index (κ3) is 4.41. The number of piperidine rings is 1. The lowest BCUT2D eigenvalue weighted by atomic mass is 9.94. The van der Waals surface area contributed by atoms with Crippen molar-refractivity contribution in [2.45, 2.75) is 38.2 Å². The van der Waals surface area contributed by atoms with Crippen LogP contribution in [0.2, 0.25) is 0 Å². The Hall–Kier alpha value is -2.15. The molecule has 1 saturated heterocycles. The molecule has 1 aromatic heterocycles. The van der Waals surface area contributed by atoms with E-state index in [0.717, 1.165) is 31.5 Å². The van der Waals surface area contributed by atoms with Crippen molar-refractivity contribution in [3.63, 3.8) is 0 Å². The lowest BCUT2D eigenvalue weighted by Crippen LogP contribution is -2.44. The molecule has 1 aromatic rings. The molecule has 2 rings (SSSR count). The van der Waals surface area contributed by atoms with Crippen LogP contribution in [0, 0.1) is 0 Å². The van der Waals surface area contributed by atoms with E-state index in [0.29, 0.717) is 13.2 Å². The van der Waals surface area contributed by atoms with Crippen molar-refractivity contribution in [1.82, 2.24) is 15.1 Å². The first-order chi connectivity index (χ1) is 11.0. The first kappa shape index (κ1) is 17.2. The number of carbonyl (C=O) groups is 2. The second kappa shape index (κ2) is 7.92. The Morgan fingerprint density at radius 3 is 3.09 bits per heavy atom. The molecule has 2 amide bonds. The lowest BCUT2D eigenvalue weighted by molar-refractivity contribution is -0.143. The predicted molar refractivity (Wildman–Crippen MR) is 85.9 cm³/mol. The van der Waals surface area contributed by atoms with Crippen LogP contribution in [0.4, 0.5) is 0 Å². The zero-order valence-corrected chi connectivity index (χ0v) is 13.5. The van der Waals surface area contributed by atoms with Gasteiger partial charge in [0.15, 0.2) is 0 Å². The molecule has 0 saturated carbocycles. The molecule has 126 valence electrons. The first-order valence-corrected chi connectivity index (χ1v) is 7.89. The van der Waals surface area contributed by atoms with Crippen molar-refractivity contribution in [1.29, 1.82) is 0 Å². The number of primary amides is 1. The summed E-state index contributed by atoms with van der Waals surface area (Å²) in [6, 6.07) is 1.67. The Bertz CT molecular complexity index is 569. The van der Waals surface area contributed by atoms with Gasteiger partial charge in [0.05, 0.1) is 6.61 Å². The maximum Gasteiger partial charge on any atom is 0.269 e. The van der Waals surface area contributed by atoms with Gasteiger partial charge in [-0.15, -0.1) is 6.58 Å². The largest absolute Gasteiger partial charge is 0.368 e. The fraction of sp³-hybridized carbons (Fsp3) is 0.562. The van der Waals surface area contributed by atoms with Crippen LogP contribution in [0.5, 0.6) is 0 Å². The molecule has 0 spiro atoms. The highest BCUT2D eigenvalue weighted by Crippen LogP contribution is 2.26. The van der Waals surface area contributed by atoms with Gasteiger partial charge < -0.3 is 15.4 Å². The Morgan fingerprint density at radius 2 is 2.43 bits per heavy atom. The van der Waals surface area contributed by atoms with Gasteiger partial charge in [-0.05, 0) is 32.3 Å². The van der Waals surface area contributed by atoms with Gasteiger partial charge in [0.2, 0.25) is 0 Å². The molecule has 0 radical (unpaired) electrons. The number of aromatic amines is 1. The average Bonchev–Trinajstić information content (AvgIpc) is 3.04. The third-order valence-corrected chi connectivity index (χ3v) is 4.06. The molecule has 1 aliphatic heterocycles. The van der Waals surface area contributed by atoms with E-state index in [4.69, 9.17) is 10.5 Å². The van der Waals surface area contributed by atoms with E-state index in [2.05, 4.69) is 16.8 Å². The fourth-order valence-corrected chi connectivity index (χ4v) is 2.76. The number of aromatic nitrogens is 2. The molecule has 2 atom stereocenters. The molecule has 0 aliphatic carbocycles. The SMILES string of the molecule is C=CCCO[C@H](C)C(=O)N1CCC[C@H](c2cc(C(N)=O)n[nH]2)C1. The van der Waals surface area contributed by atoms with Crippen molar-refractivity contribution in [3.05, 3.63) is 30.1 Å². The Morgan fingerprint density at radius 1 is 1.65 bits per heavy atom. The maximum absolute atomic E-state index is 12.5. The number of ether oxygens (including phenoxy) is 1. The van der Waals surface area contributed by atoms with Crippen molar-refractivity contribution in [2.75, 3.05) is 19.7 Å². The molecule has 1 aliphatic rings. The number of nitrogens with zero attached hydrogens (tertiary/aromatic N) is 2. The van der Waals surface area contributed by atoms with E-state index < -0.39 is 12.0 Å². The standard InChI is InChI=1S/C16H24N4O3/c1-3-4-8-23-11(2)16(22)20-7-5-6-12(10-20)13-9-14(15(17)21)19-18-13/h3,9,11-12H,1,4-8,10H2,2H3,(H2,17,21)(H,18,19)/t11-,12+/m1/s1. The van der Waals surface area contributed by atoms with E-state index in [-0.39, 0.29) is 17.5 Å². The third-order valence-electron chi connectivity index (χ3n) is 4.06. The van der Waals surface area contributed by atoms with E-state index >= 15 is 0 Å². The number of likely N-dealkylation sites (tertiary alicyclic amines) is 1. The molecule has 0 bridgehead atoms. The van der Waals surface area contributed by atoms with Gasteiger partial charge in [0.1, 0.15) is 11.8 Å². The molecule has 1 fully saturated rings.